The van der Waals surface area contributed by atoms with Crippen molar-refractivity contribution in [3.8, 4) is 0 Å². The van der Waals surface area contributed by atoms with E-state index < -0.39 is 33.2 Å². The summed E-state index contributed by atoms with van der Waals surface area (Å²) in [4.78, 5) is 7.60. The van der Waals surface area contributed by atoms with Crippen molar-refractivity contribution >= 4 is 37.9 Å². The Kier molecular flexibility index (Phi) is 5.95. The summed E-state index contributed by atoms with van der Waals surface area (Å²) in [5, 5.41) is 5.55. The maximum atomic E-state index is 13.4. The van der Waals surface area contributed by atoms with Crippen LogP contribution in [0, 0.1) is 5.41 Å². The van der Waals surface area contributed by atoms with Crippen LogP contribution in [0.15, 0.2) is 22.7 Å². The SMILES string of the molecule is CC(C)(C[C@H](CC(C)(C)C(F)(F)F)c1nc2ccc(Br)cc2[nH]1)S(N)=O. The third-order valence-corrected chi connectivity index (χ3v) is 6.40. The first kappa shape index (κ1) is 21.4. The number of nitrogens with one attached hydrogen (secondary N) is 1. The first-order chi connectivity index (χ1) is 11.7. The summed E-state index contributed by atoms with van der Waals surface area (Å²) in [5.74, 6) is -0.116. The van der Waals surface area contributed by atoms with Crippen molar-refractivity contribution in [2.24, 2.45) is 10.6 Å². The van der Waals surface area contributed by atoms with E-state index in [9.17, 15) is 17.4 Å². The van der Waals surface area contributed by atoms with Crippen molar-refractivity contribution in [1.82, 2.24) is 9.97 Å². The van der Waals surface area contributed by atoms with E-state index in [1.54, 1.807) is 19.9 Å². The van der Waals surface area contributed by atoms with Crippen LogP contribution >= 0.6 is 15.9 Å². The predicted molar refractivity (Wildman–Crippen MR) is 102 cm³/mol. The molecule has 3 N–H and O–H groups in total. The Balaban J connectivity index is 2.46. The number of hydrogen-bond donors (Lipinski definition) is 2. The van der Waals surface area contributed by atoms with Gasteiger partial charge in [-0.15, -0.1) is 0 Å². The monoisotopic (exact) mass is 453 g/mol. The Morgan fingerprint density at radius 3 is 2.38 bits per heavy atom. The lowest BCUT2D eigenvalue weighted by molar-refractivity contribution is -0.215. The molecule has 4 nitrogen and oxygen atoms in total. The molecule has 0 spiro atoms. The number of benzene rings is 1. The maximum absolute atomic E-state index is 13.4. The number of hydrogen-bond acceptors (Lipinski definition) is 2. The average Bonchev–Trinajstić information content (AvgIpc) is 2.87. The topological polar surface area (TPSA) is 71.8 Å². The smallest absolute Gasteiger partial charge is 0.342 e. The lowest BCUT2D eigenvalue weighted by atomic mass is 9.78. The molecule has 1 unspecified atom stereocenters. The fraction of sp³-hybridized carbons (Fsp3) is 0.588. The highest BCUT2D eigenvalue weighted by Gasteiger charge is 2.49. The Labute approximate surface area is 161 Å². The van der Waals surface area contributed by atoms with Crippen LogP contribution in [0.2, 0.25) is 0 Å². The number of H-pyrrole nitrogens is 1. The minimum atomic E-state index is -4.35. The molecule has 0 aliphatic rings. The lowest BCUT2D eigenvalue weighted by Gasteiger charge is -2.34. The molecule has 1 heterocycles. The van der Waals surface area contributed by atoms with Gasteiger partial charge in [-0.3, -0.25) is 5.14 Å². The van der Waals surface area contributed by atoms with Crippen molar-refractivity contribution in [3.05, 3.63) is 28.5 Å². The summed E-state index contributed by atoms with van der Waals surface area (Å²) in [6.45, 7) is 5.73. The van der Waals surface area contributed by atoms with Crippen LogP contribution in [0.5, 0.6) is 0 Å². The van der Waals surface area contributed by atoms with Gasteiger partial charge < -0.3 is 4.98 Å². The van der Waals surface area contributed by atoms with Crippen LogP contribution < -0.4 is 5.14 Å². The molecule has 0 fully saturated rings. The summed E-state index contributed by atoms with van der Waals surface area (Å²) in [5.41, 5.74) is -0.510. The normalized spacial score (nSPS) is 16.0. The van der Waals surface area contributed by atoms with Crippen LogP contribution in [0.1, 0.15) is 52.3 Å². The van der Waals surface area contributed by atoms with Gasteiger partial charge in [0.1, 0.15) is 5.82 Å². The minimum absolute atomic E-state index is 0.182. The second-order valence-corrected chi connectivity index (χ2v) is 10.4. The summed E-state index contributed by atoms with van der Waals surface area (Å²) in [7, 11) is -1.67. The van der Waals surface area contributed by atoms with Crippen LogP contribution in [0.4, 0.5) is 13.2 Å². The summed E-state index contributed by atoms with van der Waals surface area (Å²) in [6.07, 6.45) is -4.32. The zero-order chi connectivity index (χ0) is 19.9. The number of imidazole rings is 1. The van der Waals surface area contributed by atoms with Crippen LogP contribution in [-0.2, 0) is 11.0 Å². The third kappa shape index (κ3) is 4.67. The van der Waals surface area contributed by atoms with Gasteiger partial charge in [0.15, 0.2) is 0 Å². The van der Waals surface area contributed by atoms with E-state index in [0.717, 1.165) is 9.99 Å². The van der Waals surface area contributed by atoms with Crippen LogP contribution in [-0.4, -0.2) is 25.1 Å². The van der Waals surface area contributed by atoms with Crippen LogP contribution in [0.25, 0.3) is 11.0 Å². The van der Waals surface area contributed by atoms with Gasteiger partial charge in [0, 0.05) is 10.4 Å². The second-order valence-electron chi connectivity index (χ2n) is 7.83. The number of alkyl halides is 3. The number of halogens is 4. The Morgan fingerprint density at radius 1 is 1.23 bits per heavy atom. The number of nitrogens with zero attached hydrogens (tertiary/aromatic N) is 1. The quantitative estimate of drug-likeness (QED) is 0.632. The van der Waals surface area contributed by atoms with Gasteiger partial charge in [-0.2, -0.15) is 13.2 Å². The molecule has 0 saturated carbocycles. The molecule has 2 aromatic rings. The molecule has 2 atom stereocenters. The van der Waals surface area contributed by atoms with E-state index in [0.29, 0.717) is 11.3 Å². The molecule has 1 aromatic carbocycles. The number of nitrogens with two attached hydrogens (primary N) is 1. The number of rotatable bonds is 6. The van der Waals surface area contributed by atoms with Gasteiger partial charge >= 0.3 is 6.18 Å². The average molecular weight is 454 g/mol. The molecule has 0 bridgehead atoms. The fourth-order valence-electron chi connectivity index (χ4n) is 2.87. The van der Waals surface area contributed by atoms with Gasteiger partial charge in [0.05, 0.1) is 32.2 Å². The summed E-state index contributed by atoms with van der Waals surface area (Å²) < 4.78 is 52.2. The van der Waals surface area contributed by atoms with Crippen molar-refractivity contribution in [1.29, 1.82) is 0 Å². The molecular formula is C17H23BrF3N3OS. The highest BCUT2D eigenvalue weighted by Crippen LogP contribution is 2.46. The number of aromatic amines is 1. The van der Waals surface area contributed by atoms with Crippen molar-refractivity contribution in [3.63, 3.8) is 0 Å². The summed E-state index contributed by atoms with van der Waals surface area (Å²) in [6, 6.07) is 5.43. The molecule has 0 aliphatic carbocycles. The zero-order valence-electron chi connectivity index (χ0n) is 15.1. The number of aromatic nitrogens is 2. The van der Waals surface area contributed by atoms with Gasteiger partial charge in [0.2, 0.25) is 0 Å². The molecule has 146 valence electrons. The molecule has 0 aliphatic heterocycles. The third-order valence-electron chi connectivity index (χ3n) is 4.66. The molecule has 26 heavy (non-hydrogen) atoms. The Morgan fingerprint density at radius 2 is 1.85 bits per heavy atom. The van der Waals surface area contributed by atoms with E-state index in [1.165, 1.54) is 13.8 Å². The van der Waals surface area contributed by atoms with Crippen molar-refractivity contribution < 1.29 is 17.4 Å². The molecule has 0 saturated heterocycles. The molecule has 1 aromatic heterocycles. The predicted octanol–water partition coefficient (Wildman–Crippen LogP) is 5.18. The van der Waals surface area contributed by atoms with E-state index >= 15 is 0 Å². The largest absolute Gasteiger partial charge is 0.393 e. The van der Waals surface area contributed by atoms with Gasteiger partial charge in [-0.05, 0) is 44.9 Å². The maximum Gasteiger partial charge on any atom is 0.393 e. The summed E-state index contributed by atoms with van der Waals surface area (Å²) >= 11 is 3.37. The molecule has 9 heteroatoms. The first-order valence-electron chi connectivity index (χ1n) is 8.11. The van der Waals surface area contributed by atoms with Gasteiger partial charge in [0.25, 0.3) is 0 Å². The zero-order valence-corrected chi connectivity index (χ0v) is 17.5. The lowest BCUT2D eigenvalue weighted by Crippen LogP contribution is -2.38. The molecule has 2 rings (SSSR count). The minimum Gasteiger partial charge on any atom is -0.342 e. The second kappa shape index (κ2) is 7.24. The van der Waals surface area contributed by atoms with E-state index in [-0.39, 0.29) is 12.8 Å². The molecular weight excluding hydrogens is 431 g/mol. The van der Waals surface area contributed by atoms with Crippen molar-refractivity contribution in [2.75, 3.05) is 0 Å². The highest BCUT2D eigenvalue weighted by atomic mass is 79.9. The highest BCUT2D eigenvalue weighted by molar-refractivity contribution is 9.10. The standard InChI is InChI=1S/C17H23BrF3N3OS/c1-15(2,17(19,20)21)8-10(9-16(3,4)26(22)25)14-23-12-6-5-11(18)7-13(12)24-14/h5-7,10H,8-9,22H2,1-4H3,(H,23,24)/t10-,26?/m0/s1. The Bertz CT molecular complexity index is 817. The Hall–Kier alpha value is -0.930. The van der Waals surface area contributed by atoms with Gasteiger partial charge in [-0.25, -0.2) is 9.19 Å². The molecule has 0 radical (unpaired) electrons. The number of fused-ring (bicyclic) bond motifs is 1. The van der Waals surface area contributed by atoms with Crippen molar-refractivity contribution in [2.45, 2.75) is 57.4 Å². The van der Waals surface area contributed by atoms with E-state index in [2.05, 4.69) is 25.9 Å². The fourth-order valence-corrected chi connectivity index (χ4v) is 3.59. The molecule has 0 amide bonds. The van der Waals surface area contributed by atoms with E-state index in [1.807, 2.05) is 12.1 Å². The van der Waals surface area contributed by atoms with Gasteiger partial charge in [-0.1, -0.05) is 29.8 Å². The van der Waals surface area contributed by atoms with Crippen LogP contribution in [0.3, 0.4) is 0 Å². The van der Waals surface area contributed by atoms with E-state index in [4.69, 9.17) is 5.14 Å². The first-order valence-corrected chi connectivity index (χ1v) is 10.1.